The Hall–Kier alpha value is -4.68. The number of carbonyl (C=O) groups excluding carboxylic acids is 5. The second-order valence-corrected chi connectivity index (χ2v) is 14.4. The summed E-state index contributed by atoms with van der Waals surface area (Å²) in [5, 5.41) is 14.2. The van der Waals surface area contributed by atoms with Gasteiger partial charge in [0.15, 0.2) is 0 Å². The maximum Gasteiger partial charge on any atom is 0.242 e. The first-order chi connectivity index (χ1) is 29.8. The molecule has 2 aliphatic heterocycles. The predicted octanol–water partition coefficient (Wildman–Crippen LogP) is 4.88. The Morgan fingerprint density at radius 3 is 1.98 bits per heavy atom. The number of rotatable bonds is 24. The third-order valence-corrected chi connectivity index (χ3v) is 10.3. The van der Waals surface area contributed by atoms with Crippen molar-refractivity contribution >= 4 is 47.0 Å². The number of ether oxygens (including phenoxy) is 4. The van der Waals surface area contributed by atoms with Crippen molar-refractivity contribution in [1.82, 2.24) is 30.5 Å². The van der Waals surface area contributed by atoms with E-state index in [9.17, 15) is 24.0 Å². The highest BCUT2D eigenvalue weighted by molar-refractivity contribution is 8.00. The molecule has 336 valence electrons. The molecule has 0 aliphatic carbocycles. The van der Waals surface area contributed by atoms with Crippen LogP contribution in [-0.4, -0.2) is 133 Å². The molecule has 5 rings (SSSR count). The van der Waals surface area contributed by atoms with E-state index in [0.29, 0.717) is 59.3 Å². The van der Waals surface area contributed by atoms with E-state index in [2.05, 4.69) is 33.9 Å². The molecule has 1 atom stereocenters. The lowest BCUT2D eigenvalue weighted by Crippen LogP contribution is -2.36. The number of aryl methyl sites for hydroxylation is 1. The molecule has 2 aliphatic rings. The molecule has 61 heavy (non-hydrogen) atoms. The van der Waals surface area contributed by atoms with Crippen LogP contribution in [0.1, 0.15) is 72.3 Å². The first-order valence-electron chi connectivity index (χ1n) is 21.4. The number of benzene rings is 2. The standard InChI is InChI=1S/C40H53N7O9S.2C2H6/c1-3-17-47-39-30-9-5-4-8-29(30)28-46(32-11-7-6-10-31(32)38(39)43-44-47)36(50)12-15-41-35(49)14-19-53-21-23-55-25-26-56-24-22-54-20-16-42-34(48)13-18-45-37(51)27-33(57-2)40(45)52;2*1-2/h4-11,33H,3,12-28H2,1-2H3,(H,41,49)(H,42,48);2*1-2H3. The second-order valence-electron chi connectivity index (χ2n) is 13.4. The van der Waals surface area contributed by atoms with Gasteiger partial charge in [0.2, 0.25) is 29.5 Å². The number of aromatic nitrogens is 3. The molecule has 2 aromatic carbocycles. The van der Waals surface area contributed by atoms with Crippen molar-refractivity contribution in [3.8, 4) is 22.5 Å². The van der Waals surface area contributed by atoms with E-state index in [1.54, 1.807) is 11.2 Å². The van der Waals surface area contributed by atoms with Gasteiger partial charge < -0.3 is 34.5 Å². The van der Waals surface area contributed by atoms with Gasteiger partial charge in [0.05, 0.1) is 76.0 Å². The number of fused-ring (bicyclic) bond motifs is 5. The lowest BCUT2D eigenvalue weighted by atomic mass is 9.95. The van der Waals surface area contributed by atoms with Crippen LogP contribution in [0.3, 0.4) is 0 Å². The fraction of sp³-hybridized carbons (Fsp3) is 0.568. The summed E-state index contributed by atoms with van der Waals surface area (Å²) in [6.45, 7) is 14.5. The van der Waals surface area contributed by atoms with Crippen molar-refractivity contribution in [3.63, 3.8) is 0 Å². The van der Waals surface area contributed by atoms with Crippen molar-refractivity contribution in [2.45, 2.75) is 85.1 Å². The van der Waals surface area contributed by atoms with E-state index in [0.717, 1.165) is 51.6 Å². The van der Waals surface area contributed by atoms with Crippen molar-refractivity contribution in [2.75, 3.05) is 83.6 Å². The van der Waals surface area contributed by atoms with E-state index in [1.165, 1.54) is 11.8 Å². The molecule has 1 aromatic heterocycles. The number of nitrogens with one attached hydrogen (secondary N) is 2. The number of imide groups is 1. The molecule has 0 bridgehead atoms. The zero-order valence-electron chi connectivity index (χ0n) is 36.7. The third kappa shape index (κ3) is 15.6. The van der Waals surface area contributed by atoms with Crippen LogP contribution in [0, 0.1) is 0 Å². The lowest BCUT2D eigenvalue weighted by molar-refractivity contribution is -0.138. The van der Waals surface area contributed by atoms with Gasteiger partial charge in [-0.2, -0.15) is 11.8 Å². The van der Waals surface area contributed by atoms with Gasteiger partial charge in [-0.3, -0.25) is 28.9 Å². The minimum absolute atomic E-state index is 0.0613. The summed E-state index contributed by atoms with van der Waals surface area (Å²) in [5.74, 6) is -1.01. The maximum absolute atomic E-state index is 13.7. The van der Waals surface area contributed by atoms with E-state index in [1.807, 2.05) is 74.8 Å². The van der Waals surface area contributed by atoms with Gasteiger partial charge in [0, 0.05) is 63.0 Å². The van der Waals surface area contributed by atoms with Gasteiger partial charge in [0.1, 0.15) is 5.69 Å². The third-order valence-electron chi connectivity index (χ3n) is 9.39. The van der Waals surface area contributed by atoms with Gasteiger partial charge in [-0.25, -0.2) is 4.68 Å². The summed E-state index contributed by atoms with van der Waals surface area (Å²) in [6.07, 6.45) is 3.25. The van der Waals surface area contributed by atoms with Crippen LogP contribution in [-0.2, 0) is 56.0 Å². The summed E-state index contributed by atoms with van der Waals surface area (Å²) in [6, 6.07) is 15.8. The second kappa shape index (κ2) is 28.8. The fourth-order valence-electron chi connectivity index (χ4n) is 6.50. The van der Waals surface area contributed by atoms with Gasteiger partial charge in [-0.1, -0.05) is 82.3 Å². The number of para-hydroxylation sites is 1. The summed E-state index contributed by atoms with van der Waals surface area (Å²) in [5.41, 5.74) is 5.30. The molecule has 0 saturated carbocycles. The molecule has 3 aromatic rings. The molecule has 3 heterocycles. The Morgan fingerprint density at radius 2 is 1.33 bits per heavy atom. The first-order valence-corrected chi connectivity index (χ1v) is 22.7. The summed E-state index contributed by atoms with van der Waals surface area (Å²) in [7, 11) is 0. The van der Waals surface area contributed by atoms with Crippen molar-refractivity contribution in [3.05, 3.63) is 54.1 Å². The van der Waals surface area contributed by atoms with E-state index < -0.39 is 0 Å². The molecule has 17 heteroatoms. The SMILES string of the molecule is CC.CC.CCCn1nnc2c1-c1ccccc1CN(C(=O)CCNC(=O)CCOCCOCCOCCOCCNC(=O)CCN1C(=O)CC(SC)C1=O)c1ccccc1-2. The highest BCUT2D eigenvalue weighted by Crippen LogP contribution is 2.41. The Kier molecular flexibility index (Phi) is 23.9. The van der Waals surface area contributed by atoms with Crippen LogP contribution in [0.25, 0.3) is 22.5 Å². The Bertz CT molecular complexity index is 1820. The summed E-state index contributed by atoms with van der Waals surface area (Å²) >= 11 is 1.35. The Labute approximate surface area is 364 Å². The fourth-order valence-corrected chi connectivity index (χ4v) is 7.14. The molecule has 0 spiro atoms. The van der Waals surface area contributed by atoms with Crippen molar-refractivity contribution < 1.29 is 42.9 Å². The van der Waals surface area contributed by atoms with Gasteiger partial charge in [-0.05, 0) is 24.3 Å². The van der Waals surface area contributed by atoms with Gasteiger partial charge in [-0.15, -0.1) is 5.10 Å². The first kappa shape index (κ1) is 50.7. The van der Waals surface area contributed by atoms with Crippen LogP contribution >= 0.6 is 11.8 Å². The minimum Gasteiger partial charge on any atom is -0.379 e. The van der Waals surface area contributed by atoms with Crippen LogP contribution in [0.4, 0.5) is 5.69 Å². The normalized spacial score (nSPS) is 14.0. The number of anilines is 1. The summed E-state index contributed by atoms with van der Waals surface area (Å²) < 4.78 is 23.9. The summed E-state index contributed by atoms with van der Waals surface area (Å²) in [4.78, 5) is 65.2. The molecule has 1 fully saturated rings. The Balaban J connectivity index is 0.00000241. The number of amides is 5. The molecular weight excluding hydrogens is 803 g/mol. The molecule has 1 unspecified atom stereocenters. The number of hydrogen-bond acceptors (Lipinski definition) is 12. The average Bonchev–Trinajstić information content (AvgIpc) is 3.82. The number of thioether (sulfide) groups is 1. The highest BCUT2D eigenvalue weighted by Gasteiger charge is 2.38. The van der Waals surface area contributed by atoms with Gasteiger partial charge >= 0.3 is 0 Å². The smallest absolute Gasteiger partial charge is 0.242 e. The van der Waals surface area contributed by atoms with E-state index >= 15 is 0 Å². The maximum atomic E-state index is 13.7. The molecule has 0 radical (unpaired) electrons. The van der Waals surface area contributed by atoms with E-state index in [-0.39, 0.29) is 80.2 Å². The minimum atomic E-state index is -0.348. The zero-order chi connectivity index (χ0) is 44.4. The molecule has 2 N–H and O–H groups in total. The Morgan fingerprint density at radius 1 is 0.738 bits per heavy atom. The van der Waals surface area contributed by atoms with E-state index in [4.69, 9.17) is 18.9 Å². The number of likely N-dealkylation sites (tertiary alicyclic amines) is 1. The highest BCUT2D eigenvalue weighted by atomic mass is 32.2. The van der Waals surface area contributed by atoms with Crippen molar-refractivity contribution in [1.29, 1.82) is 0 Å². The van der Waals surface area contributed by atoms with Crippen LogP contribution in [0.15, 0.2) is 48.5 Å². The van der Waals surface area contributed by atoms with Crippen LogP contribution in [0.2, 0.25) is 0 Å². The largest absolute Gasteiger partial charge is 0.379 e. The van der Waals surface area contributed by atoms with Crippen molar-refractivity contribution in [2.24, 2.45) is 0 Å². The van der Waals surface area contributed by atoms with Gasteiger partial charge in [0.25, 0.3) is 0 Å². The molecule has 1 saturated heterocycles. The lowest BCUT2D eigenvalue weighted by Gasteiger charge is -2.28. The molecular formula is C44H65N7O9S. The topological polar surface area (TPSA) is 184 Å². The quantitative estimate of drug-likeness (QED) is 0.0921. The average molecular weight is 868 g/mol. The van der Waals surface area contributed by atoms with Crippen LogP contribution in [0.5, 0.6) is 0 Å². The monoisotopic (exact) mass is 867 g/mol. The predicted molar refractivity (Wildman–Crippen MR) is 237 cm³/mol. The number of hydrogen-bond donors (Lipinski definition) is 2. The van der Waals surface area contributed by atoms with Crippen LogP contribution < -0.4 is 15.5 Å². The number of nitrogens with zero attached hydrogens (tertiary/aromatic N) is 5. The zero-order valence-corrected chi connectivity index (χ0v) is 37.6. The number of carbonyl (C=O) groups is 5. The molecule has 16 nitrogen and oxygen atoms in total. The molecule has 5 amide bonds.